The summed E-state index contributed by atoms with van der Waals surface area (Å²) in [6.07, 6.45) is -4.27. The van der Waals surface area contributed by atoms with E-state index in [1.54, 1.807) is 0 Å². The molecule has 0 spiro atoms. The number of carbonyl (C=O) groups excluding carboxylic acids is 1. The highest BCUT2D eigenvalue weighted by atomic mass is 32.2. The molecule has 184 valence electrons. The second kappa shape index (κ2) is 8.51. The van der Waals surface area contributed by atoms with Crippen LogP contribution in [-0.2, 0) is 25.6 Å². The number of amides is 1. The van der Waals surface area contributed by atoms with Gasteiger partial charge in [0, 0.05) is 19.4 Å². The molecule has 34 heavy (non-hydrogen) atoms. The molecule has 0 radical (unpaired) electrons. The molecule has 2 aromatic carbocycles. The molecule has 4 rings (SSSR count). The van der Waals surface area contributed by atoms with Crippen molar-refractivity contribution in [2.45, 2.75) is 42.0 Å². The minimum absolute atomic E-state index is 0.109. The second-order valence-corrected chi connectivity index (χ2v) is 10.9. The molecule has 1 heterocycles. The highest BCUT2D eigenvalue weighted by Gasteiger charge is 2.59. The van der Waals surface area contributed by atoms with Crippen molar-refractivity contribution in [2.75, 3.05) is 13.2 Å². The molecular weight excluding hydrogens is 481 g/mol. The van der Waals surface area contributed by atoms with Crippen LogP contribution in [0.1, 0.15) is 37.3 Å². The lowest BCUT2D eigenvalue weighted by Gasteiger charge is -2.49. The average Bonchev–Trinajstić information content (AvgIpc) is 2.78. The van der Waals surface area contributed by atoms with Crippen LogP contribution in [-0.4, -0.2) is 27.5 Å². The summed E-state index contributed by atoms with van der Waals surface area (Å²) in [7, 11) is -4.49. The predicted molar refractivity (Wildman–Crippen MR) is 112 cm³/mol. The van der Waals surface area contributed by atoms with Crippen molar-refractivity contribution in [3.05, 3.63) is 59.2 Å². The molecule has 1 fully saturated rings. The second-order valence-electron chi connectivity index (χ2n) is 8.73. The molecule has 1 N–H and O–H groups in total. The van der Waals surface area contributed by atoms with Gasteiger partial charge in [0.05, 0.1) is 22.6 Å². The molecule has 5 nitrogen and oxygen atoms in total. The van der Waals surface area contributed by atoms with Crippen molar-refractivity contribution in [1.29, 1.82) is 0 Å². The highest BCUT2D eigenvalue weighted by molar-refractivity contribution is 7.92. The number of halogens is 5. The lowest BCUT2D eigenvalue weighted by molar-refractivity contribution is -0.137. The van der Waals surface area contributed by atoms with Gasteiger partial charge in [-0.05, 0) is 61.6 Å². The maximum Gasteiger partial charge on any atom is 0.416 e. The molecule has 1 saturated carbocycles. The first kappa shape index (κ1) is 24.4. The summed E-state index contributed by atoms with van der Waals surface area (Å²) >= 11 is 0. The lowest BCUT2D eigenvalue weighted by atomic mass is 9.69. The smallest absolute Gasteiger partial charge is 0.416 e. The molecular formula is C23H22F5NO4S. The molecule has 1 amide bonds. The fourth-order valence-electron chi connectivity index (χ4n) is 5.11. The Morgan fingerprint density at radius 3 is 2.38 bits per heavy atom. The summed E-state index contributed by atoms with van der Waals surface area (Å²) in [6, 6.07) is 4.67. The van der Waals surface area contributed by atoms with Crippen molar-refractivity contribution in [1.82, 2.24) is 5.32 Å². The van der Waals surface area contributed by atoms with E-state index in [0.717, 1.165) is 24.3 Å². The third kappa shape index (κ3) is 3.93. The molecule has 1 aliphatic carbocycles. The number of carbonyl (C=O) groups is 1. The number of sulfone groups is 1. The van der Waals surface area contributed by atoms with Crippen LogP contribution in [0.3, 0.4) is 0 Å². The van der Waals surface area contributed by atoms with E-state index in [9.17, 15) is 30.8 Å². The van der Waals surface area contributed by atoms with Gasteiger partial charge in [-0.3, -0.25) is 4.79 Å². The molecule has 0 saturated heterocycles. The van der Waals surface area contributed by atoms with Crippen LogP contribution in [0.5, 0.6) is 5.75 Å². The molecule has 11 heteroatoms. The monoisotopic (exact) mass is 503 g/mol. The van der Waals surface area contributed by atoms with Gasteiger partial charge in [-0.25, -0.2) is 17.2 Å². The summed E-state index contributed by atoms with van der Waals surface area (Å²) in [6.45, 7) is 1.41. The van der Waals surface area contributed by atoms with E-state index in [0.29, 0.717) is 12.1 Å². The van der Waals surface area contributed by atoms with Crippen LogP contribution < -0.4 is 10.1 Å². The van der Waals surface area contributed by atoms with Crippen molar-refractivity contribution >= 4 is 15.7 Å². The van der Waals surface area contributed by atoms with E-state index < -0.39 is 60.1 Å². The topological polar surface area (TPSA) is 72.5 Å². The Morgan fingerprint density at radius 2 is 1.76 bits per heavy atom. The van der Waals surface area contributed by atoms with Crippen LogP contribution in [0, 0.1) is 23.5 Å². The van der Waals surface area contributed by atoms with Crippen LogP contribution >= 0.6 is 0 Å². The van der Waals surface area contributed by atoms with Gasteiger partial charge in [0.25, 0.3) is 0 Å². The number of nitrogens with one attached hydrogen (secondary N) is 1. The van der Waals surface area contributed by atoms with E-state index in [1.807, 2.05) is 0 Å². The minimum Gasteiger partial charge on any atom is -0.490 e. The average molecular weight is 503 g/mol. The normalized spacial score (nSPS) is 24.5. The quantitative estimate of drug-likeness (QED) is 0.620. The Kier molecular flexibility index (Phi) is 6.12. The van der Waals surface area contributed by atoms with Gasteiger partial charge in [-0.15, -0.1) is 0 Å². The van der Waals surface area contributed by atoms with E-state index in [2.05, 4.69) is 5.32 Å². The Labute approximate surface area is 193 Å². The maximum atomic E-state index is 15.2. The van der Waals surface area contributed by atoms with E-state index in [1.165, 1.54) is 6.92 Å². The van der Waals surface area contributed by atoms with Gasteiger partial charge < -0.3 is 10.1 Å². The summed E-state index contributed by atoms with van der Waals surface area (Å²) in [5.41, 5.74) is -1.45. The van der Waals surface area contributed by atoms with Crippen LogP contribution in [0.15, 0.2) is 41.3 Å². The SMILES string of the molecule is CC(=O)NC[C@@H]1CC[C@@]2(S(=O)(=O)c3ccc(C(F)(F)F)cc3)c3c(F)ccc(F)c3OCC2C1. The highest BCUT2D eigenvalue weighted by Crippen LogP contribution is 2.57. The van der Waals surface area contributed by atoms with Crippen molar-refractivity contribution < 1.29 is 39.9 Å². The van der Waals surface area contributed by atoms with Gasteiger partial charge in [0.2, 0.25) is 5.91 Å². The Bertz CT molecular complexity index is 1210. The van der Waals surface area contributed by atoms with Crippen LogP contribution in [0.2, 0.25) is 0 Å². The molecule has 0 bridgehead atoms. The third-order valence-corrected chi connectivity index (χ3v) is 9.32. The van der Waals surface area contributed by atoms with Gasteiger partial charge in [-0.2, -0.15) is 13.2 Å². The number of benzene rings is 2. The molecule has 3 atom stereocenters. The lowest BCUT2D eigenvalue weighted by Crippen LogP contribution is -2.53. The first-order valence-corrected chi connectivity index (χ1v) is 12.1. The summed E-state index contributed by atoms with van der Waals surface area (Å²) in [5, 5.41) is 2.68. The maximum absolute atomic E-state index is 15.2. The molecule has 2 aromatic rings. The van der Waals surface area contributed by atoms with E-state index in [-0.39, 0.29) is 44.2 Å². The van der Waals surface area contributed by atoms with Crippen LogP contribution in [0.25, 0.3) is 0 Å². The van der Waals surface area contributed by atoms with Crippen molar-refractivity contribution in [3.8, 4) is 5.75 Å². The first-order chi connectivity index (χ1) is 15.9. The number of hydrogen-bond donors (Lipinski definition) is 1. The summed E-state index contributed by atoms with van der Waals surface area (Å²) in [5.74, 6) is -3.57. The zero-order valence-corrected chi connectivity index (χ0v) is 18.9. The molecule has 2 aliphatic rings. The zero-order valence-electron chi connectivity index (χ0n) is 18.1. The van der Waals surface area contributed by atoms with Gasteiger partial charge in [-0.1, -0.05) is 0 Å². The van der Waals surface area contributed by atoms with E-state index in [4.69, 9.17) is 4.74 Å². The van der Waals surface area contributed by atoms with E-state index >= 15 is 4.39 Å². The zero-order chi connectivity index (χ0) is 24.9. The predicted octanol–water partition coefficient (Wildman–Crippen LogP) is 4.60. The number of ether oxygens (including phenoxy) is 1. The summed E-state index contributed by atoms with van der Waals surface area (Å²) < 4.78 is 100. The number of rotatable bonds is 4. The standard InChI is InChI=1S/C23H22F5NO4S/c1-13(30)29-11-14-8-9-22(34(31,32)17-4-2-15(3-5-17)23(26,27)28)16(10-14)12-33-21-19(25)7-6-18(24)20(21)22/h2-7,14,16H,8-12H2,1H3,(H,29,30)/t14-,16?,22+/m1/s1. The van der Waals surface area contributed by atoms with Crippen LogP contribution in [0.4, 0.5) is 22.0 Å². The third-order valence-electron chi connectivity index (χ3n) is 6.72. The minimum atomic E-state index is -4.66. The fourth-order valence-corrected chi connectivity index (χ4v) is 7.48. The number of alkyl halides is 3. The molecule has 0 aromatic heterocycles. The number of fused-ring (bicyclic) bond motifs is 3. The van der Waals surface area contributed by atoms with Crippen molar-refractivity contribution in [3.63, 3.8) is 0 Å². The molecule has 1 aliphatic heterocycles. The van der Waals surface area contributed by atoms with Gasteiger partial charge >= 0.3 is 6.18 Å². The Hall–Kier alpha value is -2.69. The summed E-state index contributed by atoms with van der Waals surface area (Å²) in [4.78, 5) is 10.9. The molecule has 1 unspecified atom stereocenters. The largest absolute Gasteiger partial charge is 0.490 e. The number of hydrogen-bond acceptors (Lipinski definition) is 4. The first-order valence-electron chi connectivity index (χ1n) is 10.7. The van der Waals surface area contributed by atoms with Gasteiger partial charge in [0.1, 0.15) is 10.6 Å². The van der Waals surface area contributed by atoms with Gasteiger partial charge in [0.15, 0.2) is 21.4 Å². The Balaban J connectivity index is 1.85. The fraction of sp³-hybridized carbons (Fsp3) is 0.435. The van der Waals surface area contributed by atoms with Crippen molar-refractivity contribution in [2.24, 2.45) is 11.8 Å². The Morgan fingerprint density at radius 1 is 1.12 bits per heavy atom.